The average Bonchev–Trinajstić information content (AvgIpc) is 2.45. The Labute approximate surface area is 88.1 Å². The van der Waals surface area contributed by atoms with Crippen LogP contribution in [0.1, 0.15) is 47.0 Å². The molecule has 3 atom stereocenters. The Kier molecular flexibility index (Phi) is 3.96. The zero-order valence-corrected chi connectivity index (χ0v) is 10.0. The Bertz CT molecular complexity index is 172. The van der Waals surface area contributed by atoms with Crippen LogP contribution in [-0.2, 0) is 0 Å². The van der Waals surface area contributed by atoms with Crippen LogP contribution in [0.5, 0.6) is 0 Å². The standard InChI is InChI=1S/C12H25NO/c1-9(12(2,3)4)8-13-10-6-5-7-11(10)14/h9-11,13-14H,5-8H2,1-4H3/t9?,10-,11-/m0/s1. The van der Waals surface area contributed by atoms with Crippen LogP contribution in [0.4, 0.5) is 0 Å². The molecule has 84 valence electrons. The third-order valence-corrected chi connectivity index (χ3v) is 3.64. The predicted octanol–water partition coefficient (Wildman–Crippen LogP) is 2.17. The number of aliphatic hydroxyl groups excluding tert-OH is 1. The van der Waals surface area contributed by atoms with E-state index in [1.54, 1.807) is 0 Å². The first-order chi connectivity index (χ1) is 6.41. The first-order valence-electron chi connectivity index (χ1n) is 5.82. The SMILES string of the molecule is CC(CN[C@H]1CCC[C@@H]1O)C(C)(C)C. The maximum absolute atomic E-state index is 9.64. The second-order valence-corrected chi connectivity index (χ2v) is 5.78. The van der Waals surface area contributed by atoms with Crippen LogP contribution in [0.2, 0.25) is 0 Å². The molecule has 0 radical (unpaired) electrons. The minimum Gasteiger partial charge on any atom is -0.392 e. The summed E-state index contributed by atoms with van der Waals surface area (Å²) in [5, 5.41) is 13.1. The van der Waals surface area contributed by atoms with E-state index in [9.17, 15) is 5.11 Å². The fraction of sp³-hybridized carbons (Fsp3) is 1.00. The molecule has 0 spiro atoms. The second kappa shape index (κ2) is 4.63. The first kappa shape index (κ1) is 12.0. The highest BCUT2D eigenvalue weighted by molar-refractivity contribution is 4.84. The largest absolute Gasteiger partial charge is 0.392 e. The van der Waals surface area contributed by atoms with Crippen molar-refractivity contribution in [3.05, 3.63) is 0 Å². The summed E-state index contributed by atoms with van der Waals surface area (Å²) in [6, 6.07) is 0.347. The molecule has 0 saturated heterocycles. The van der Waals surface area contributed by atoms with Gasteiger partial charge in [0.2, 0.25) is 0 Å². The van der Waals surface area contributed by atoms with Crippen LogP contribution in [0.3, 0.4) is 0 Å². The maximum atomic E-state index is 9.64. The van der Waals surface area contributed by atoms with Gasteiger partial charge >= 0.3 is 0 Å². The Balaban J connectivity index is 2.26. The van der Waals surface area contributed by atoms with Crippen LogP contribution >= 0.6 is 0 Å². The van der Waals surface area contributed by atoms with Gasteiger partial charge < -0.3 is 10.4 Å². The quantitative estimate of drug-likeness (QED) is 0.730. The number of rotatable bonds is 3. The van der Waals surface area contributed by atoms with Gasteiger partial charge in [0, 0.05) is 6.04 Å². The van der Waals surface area contributed by atoms with Crippen molar-refractivity contribution in [1.29, 1.82) is 0 Å². The van der Waals surface area contributed by atoms with Crippen LogP contribution < -0.4 is 5.32 Å². The third kappa shape index (κ3) is 3.25. The number of hydrogen-bond acceptors (Lipinski definition) is 2. The normalized spacial score (nSPS) is 30.6. The highest BCUT2D eigenvalue weighted by Crippen LogP contribution is 2.25. The van der Waals surface area contributed by atoms with E-state index in [1.165, 1.54) is 6.42 Å². The fourth-order valence-corrected chi connectivity index (χ4v) is 1.81. The van der Waals surface area contributed by atoms with Gasteiger partial charge in [0.05, 0.1) is 6.10 Å². The maximum Gasteiger partial charge on any atom is 0.0693 e. The summed E-state index contributed by atoms with van der Waals surface area (Å²) in [6.07, 6.45) is 3.17. The highest BCUT2D eigenvalue weighted by Gasteiger charge is 2.26. The van der Waals surface area contributed by atoms with Crippen molar-refractivity contribution in [3.8, 4) is 0 Å². The van der Waals surface area contributed by atoms with Gasteiger partial charge in [-0.1, -0.05) is 27.7 Å². The van der Waals surface area contributed by atoms with Crippen LogP contribution in [-0.4, -0.2) is 23.8 Å². The predicted molar refractivity (Wildman–Crippen MR) is 60.3 cm³/mol. The van der Waals surface area contributed by atoms with E-state index >= 15 is 0 Å². The molecule has 0 aromatic carbocycles. The van der Waals surface area contributed by atoms with Gasteiger partial charge in [-0.3, -0.25) is 0 Å². The molecular formula is C12H25NO. The number of aliphatic hydroxyl groups is 1. The van der Waals surface area contributed by atoms with Gasteiger partial charge in [0.25, 0.3) is 0 Å². The molecule has 0 bridgehead atoms. The number of hydrogen-bond donors (Lipinski definition) is 2. The van der Waals surface area contributed by atoms with Crippen LogP contribution in [0.25, 0.3) is 0 Å². The molecule has 2 N–H and O–H groups in total. The zero-order valence-electron chi connectivity index (χ0n) is 10.0. The van der Waals surface area contributed by atoms with Crippen molar-refractivity contribution in [2.75, 3.05) is 6.54 Å². The molecule has 1 saturated carbocycles. The summed E-state index contributed by atoms with van der Waals surface area (Å²) >= 11 is 0. The fourth-order valence-electron chi connectivity index (χ4n) is 1.81. The Morgan fingerprint density at radius 1 is 1.36 bits per heavy atom. The monoisotopic (exact) mass is 199 g/mol. The summed E-state index contributed by atoms with van der Waals surface area (Å²) in [5.74, 6) is 0.648. The van der Waals surface area contributed by atoms with Crippen LogP contribution in [0.15, 0.2) is 0 Å². The molecule has 1 aliphatic carbocycles. The molecule has 1 aliphatic rings. The van der Waals surface area contributed by atoms with Gasteiger partial charge in [-0.2, -0.15) is 0 Å². The van der Waals surface area contributed by atoms with Crippen molar-refractivity contribution in [3.63, 3.8) is 0 Å². The van der Waals surface area contributed by atoms with Crippen molar-refractivity contribution in [1.82, 2.24) is 5.32 Å². The van der Waals surface area contributed by atoms with Crippen molar-refractivity contribution in [2.45, 2.75) is 59.1 Å². The molecule has 0 amide bonds. The topological polar surface area (TPSA) is 32.3 Å². The molecule has 2 heteroatoms. The minimum atomic E-state index is -0.109. The molecule has 2 nitrogen and oxygen atoms in total. The Hall–Kier alpha value is -0.0800. The molecule has 1 unspecified atom stereocenters. The van der Waals surface area contributed by atoms with Gasteiger partial charge in [-0.05, 0) is 37.1 Å². The van der Waals surface area contributed by atoms with E-state index < -0.39 is 0 Å². The van der Waals surface area contributed by atoms with Gasteiger partial charge in [-0.15, -0.1) is 0 Å². The molecule has 0 aromatic rings. The van der Waals surface area contributed by atoms with Crippen molar-refractivity contribution < 1.29 is 5.11 Å². The number of nitrogens with one attached hydrogen (secondary N) is 1. The summed E-state index contributed by atoms with van der Waals surface area (Å²) in [7, 11) is 0. The molecule has 1 rings (SSSR count). The van der Waals surface area contributed by atoms with E-state index in [0.717, 1.165) is 19.4 Å². The van der Waals surface area contributed by atoms with E-state index in [-0.39, 0.29) is 6.10 Å². The van der Waals surface area contributed by atoms with Crippen molar-refractivity contribution in [2.24, 2.45) is 11.3 Å². The molecule has 0 aromatic heterocycles. The van der Waals surface area contributed by atoms with E-state index in [0.29, 0.717) is 17.4 Å². The van der Waals surface area contributed by atoms with E-state index in [2.05, 4.69) is 33.0 Å². The summed E-state index contributed by atoms with van der Waals surface area (Å²) in [5.41, 5.74) is 0.358. The molecule has 0 aliphatic heterocycles. The lowest BCUT2D eigenvalue weighted by molar-refractivity contribution is 0.140. The summed E-state index contributed by atoms with van der Waals surface area (Å²) in [4.78, 5) is 0. The average molecular weight is 199 g/mol. The zero-order chi connectivity index (χ0) is 10.8. The first-order valence-corrected chi connectivity index (χ1v) is 5.82. The minimum absolute atomic E-state index is 0.109. The molecular weight excluding hydrogens is 174 g/mol. The second-order valence-electron chi connectivity index (χ2n) is 5.78. The lowest BCUT2D eigenvalue weighted by Crippen LogP contribution is -2.40. The Morgan fingerprint density at radius 3 is 2.43 bits per heavy atom. The molecule has 14 heavy (non-hydrogen) atoms. The molecule has 1 fully saturated rings. The van der Waals surface area contributed by atoms with Crippen molar-refractivity contribution >= 4 is 0 Å². The highest BCUT2D eigenvalue weighted by atomic mass is 16.3. The van der Waals surface area contributed by atoms with Gasteiger partial charge in [0.1, 0.15) is 0 Å². The van der Waals surface area contributed by atoms with E-state index in [1.807, 2.05) is 0 Å². The van der Waals surface area contributed by atoms with Gasteiger partial charge in [-0.25, -0.2) is 0 Å². The third-order valence-electron chi connectivity index (χ3n) is 3.64. The summed E-state index contributed by atoms with van der Waals surface area (Å²) < 4.78 is 0. The van der Waals surface area contributed by atoms with Gasteiger partial charge in [0.15, 0.2) is 0 Å². The lowest BCUT2D eigenvalue weighted by atomic mass is 9.82. The summed E-state index contributed by atoms with van der Waals surface area (Å²) in [6.45, 7) is 10.1. The van der Waals surface area contributed by atoms with Crippen LogP contribution in [0, 0.1) is 11.3 Å². The molecule has 0 heterocycles. The Morgan fingerprint density at radius 2 is 2.00 bits per heavy atom. The lowest BCUT2D eigenvalue weighted by Gasteiger charge is -2.29. The van der Waals surface area contributed by atoms with E-state index in [4.69, 9.17) is 0 Å². The smallest absolute Gasteiger partial charge is 0.0693 e.